The number of ether oxygens (including phenoxy) is 1. The van der Waals surface area contributed by atoms with Crippen molar-refractivity contribution in [3.8, 4) is 5.75 Å². The summed E-state index contributed by atoms with van der Waals surface area (Å²) < 4.78 is 5.55. The maximum Gasteiger partial charge on any atom is 0.123 e. The predicted octanol–water partition coefficient (Wildman–Crippen LogP) is 4.73. The molecule has 0 saturated carbocycles. The van der Waals surface area contributed by atoms with Gasteiger partial charge in [0, 0.05) is 11.6 Å². The molecule has 0 aromatic heterocycles. The van der Waals surface area contributed by atoms with Gasteiger partial charge in [-0.05, 0) is 37.3 Å². The summed E-state index contributed by atoms with van der Waals surface area (Å²) in [6.45, 7) is 14.6. The number of hydrogen-bond acceptors (Lipinski definition) is 2. The van der Waals surface area contributed by atoms with Crippen LogP contribution in [0.2, 0.25) is 0 Å². The number of nitrogens with one attached hydrogen (secondary N) is 1. The summed E-state index contributed by atoms with van der Waals surface area (Å²) in [5, 5.41) is 3.62. The van der Waals surface area contributed by atoms with Crippen LogP contribution in [-0.4, -0.2) is 13.7 Å². The minimum atomic E-state index is 0.324. The lowest BCUT2D eigenvalue weighted by Gasteiger charge is -2.32. The fraction of sp³-hybridized carbons (Fsp3) is 0.667. The van der Waals surface area contributed by atoms with Crippen LogP contribution in [0, 0.1) is 18.3 Å². The first-order valence-electron chi connectivity index (χ1n) is 7.67. The zero-order valence-corrected chi connectivity index (χ0v) is 14.2. The average molecular weight is 277 g/mol. The van der Waals surface area contributed by atoms with Crippen molar-refractivity contribution in [3.05, 3.63) is 29.3 Å². The van der Waals surface area contributed by atoms with Gasteiger partial charge in [0.2, 0.25) is 0 Å². The summed E-state index contributed by atoms with van der Waals surface area (Å²) in [7, 11) is 1.75. The van der Waals surface area contributed by atoms with Gasteiger partial charge in [0.1, 0.15) is 5.75 Å². The summed E-state index contributed by atoms with van der Waals surface area (Å²) in [5.74, 6) is 1.62. The zero-order valence-electron chi connectivity index (χ0n) is 14.2. The van der Waals surface area contributed by atoms with Crippen molar-refractivity contribution in [2.45, 2.75) is 54.0 Å². The minimum Gasteiger partial charge on any atom is -0.496 e. The highest BCUT2D eigenvalue weighted by Crippen LogP contribution is 2.36. The van der Waals surface area contributed by atoms with E-state index >= 15 is 0 Å². The van der Waals surface area contributed by atoms with Crippen LogP contribution in [0.3, 0.4) is 0 Å². The highest BCUT2D eigenvalue weighted by atomic mass is 16.5. The molecule has 0 bridgehead atoms. The molecule has 2 unspecified atom stereocenters. The molecule has 0 saturated heterocycles. The predicted molar refractivity (Wildman–Crippen MR) is 87.4 cm³/mol. The number of rotatable bonds is 6. The Morgan fingerprint density at radius 1 is 1.25 bits per heavy atom. The lowest BCUT2D eigenvalue weighted by Crippen LogP contribution is -2.27. The molecule has 1 aromatic carbocycles. The molecule has 0 aliphatic carbocycles. The van der Waals surface area contributed by atoms with Gasteiger partial charge in [-0.25, -0.2) is 0 Å². The standard InChI is InChI=1S/C18H31NO/c1-8-19-16(12-14(3)18(4,5)6)15-11-13(2)9-10-17(15)20-7/h9-11,14,16,19H,8,12H2,1-7H3. The lowest BCUT2D eigenvalue weighted by atomic mass is 9.77. The van der Waals surface area contributed by atoms with Crippen LogP contribution in [0.15, 0.2) is 18.2 Å². The van der Waals surface area contributed by atoms with E-state index < -0.39 is 0 Å². The van der Waals surface area contributed by atoms with Gasteiger partial charge in [0.25, 0.3) is 0 Å². The minimum absolute atomic E-state index is 0.324. The van der Waals surface area contributed by atoms with E-state index in [2.05, 4.69) is 65.1 Å². The Labute approximate surface area is 124 Å². The Kier molecular flexibility index (Phi) is 6.07. The van der Waals surface area contributed by atoms with Crippen molar-refractivity contribution in [1.29, 1.82) is 0 Å². The topological polar surface area (TPSA) is 21.3 Å². The zero-order chi connectivity index (χ0) is 15.3. The Bertz CT molecular complexity index is 420. The van der Waals surface area contributed by atoms with Crippen LogP contribution in [0.1, 0.15) is 58.2 Å². The first-order valence-corrected chi connectivity index (χ1v) is 7.67. The molecule has 2 heteroatoms. The summed E-state index contributed by atoms with van der Waals surface area (Å²) >= 11 is 0. The summed E-state index contributed by atoms with van der Waals surface area (Å²) in [6.07, 6.45) is 1.12. The summed E-state index contributed by atoms with van der Waals surface area (Å²) in [6, 6.07) is 6.79. The monoisotopic (exact) mass is 277 g/mol. The maximum absolute atomic E-state index is 5.55. The molecule has 0 aliphatic heterocycles. The second-order valence-corrected chi connectivity index (χ2v) is 6.86. The van der Waals surface area contributed by atoms with Crippen molar-refractivity contribution >= 4 is 0 Å². The van der Waals surface area contributed by atoms with Gasteiger partial charge in [0.05, 0.1) is 7.11 Å². The second kappa shape index (κ2) is 7.12. The van der Waals surface area contributed by atoms with E-state index in [9.17, 15) is 0 Å². The molecule has 0 amide bonds. The van der Waals surface area contributed by atoms with Crippen LogP contribution in [0.25, 0.3) is 0 Å². The van der Waals surface area contributed by atoms with E-state index in [-0.39, 0.29) is 0 Å². The molecule has 1 N–H and O–H groups in total. The van der Waals surface area contributed by atoms with Crippen molar-refractivity contribution in [1.82, 2.24) is 5.32 Å². The van der Waals surface area contributed by atoms with Gasteiger partial charge < -0.3 is 10.1 Å². The van der Waals surface area contributed by atoms with Crippen LogP contribution < -0.4 is 10.1 Å². The molecule has 0 spiro atoms. The first kappa shape index (κ1) is 17.0. The third-order valence-corrected chi connectivity index (χ3v) is 4.28. The molecule has 1 aromatic rings. The molecular formula is C18H31NO. The third-order valence-electron chi connectivity index (χ3n) is 4.28. The van der Waals surface area contributed by atoms with Gasteiger partial charge >= 0.3 is 0 Å². The smallest absolute Gasteiger partial charge is 0.123 e. The highest BCUT2D eigenvalue weighted by molar-refractivity contribution is 5.39. The van der Waals surface area contributed by atoms with Crippen LogP contribution in [-0.2, 0) is 0 Å². The Morgan fingerprint density at radius 2 is 1.90 bits per heavy atom. The second-order valence-electron chi connectivity index (χ2n) is 6.86. The van der Waals surface area contributed by atoms with Crippen molar-refractivity contribution < 1.29 is 4.74 Å². The van der Waals surface area contributed by atoms with Gasteiger partial charge in [0.15, 0.2) is 0 Å². The molecule has 0 radical (unpaired) electrons. The Balaban J connectivity index is 3.04. The van der Waals surface area contributed by atoms with Gasteiger partial charge in [-0.2, -0.15) is 0 Å². The molecule has 0 fully saturated rings. The van der Waals surface area contributed by atoms with E-state index in [1.54, 1.807) is 7.11 Å². The van der Waals surface area contributed by atoms with Crippen LogP contribution in [0.4, 0.5) is 0 Å². The molecule has 0 aliphatic rings. The molecular weight excluding hydrogens is 246 g/mol. The van der Waals surface area contributed by atoms with E-state index in [1.165, 1.54) is 11.1 Å². The van der Waals surface area contributed by atoms with Crippen molar-refractivity contribution in [2.24, 2.45) is 11.3 Å². The molecule has 114 valence electrons. The Morgan fingerprint density at radius 3 is 2.40 bits per heavy atom. The van der Waals surface area contributed by atoms with Crippen molar-refractivity contribution in [3.63, 3.8) is 0 Å². The van der Waals surface area contributed by atoms with Gasteiger partial charge in [-0.15, -0.1) is 0 Å². The highest BCUT2D eigenvalue weighted by Gasteiger charge is 2.25. The largest absolute Gasteiger partial charge is 0.496 e. The Hall–Kier alpha value is -1.02. The quantitative estimate of drug-likeness (QED) is 0.812. The summed E-state index contributed by atoms with van der Waals surface area (Å²) in [4.78, 5) is 0. The molecule has 20 heavy (non-hydrogen) atoms. The number of hydrogen-bond donors (Lipinski definition) is 1. The van der Waals surface area contributed by atoms with E-state index in [4.69, 9.17) is 4.74 Å². The van der Waals surface area contributed by atoms with Gasteiger partial charge in [-0.1, -0.05) is 52.3 Å². The van der Waals surface area contributed by atoms with Gasteiger partial charge in [-0.3, -0.25) is 0 Å². The third kappa shape index (κ3) is 4.52. The normalized spacial score (nSPS) is 14.9. The molecule has 2 atom stereocenters. The number of methoxy groups -OCH3 is 1. The van der Waals surface area contributed by atoms with E-state index in [0.29, 0.717) is 17.4 Å². The first-order chi connectivity index (χ1) is 9.29. The van der Waals surface area contributed by atoms with Crippen molar-refractivity contribution in [2.75, 3.05) is 13.7 Å². The van der Waals surface area contributed by atoms with Crippen LogP contribution in [0.5, 0.6) is 5.75 Å². The van der Waals surface area contributed by atoms with Crippen LogP contribution >= 0.6 is 0 Å². The summed E-state index contributed by atoms with van der Waals surface area (Å²) in [5.41, 5.74) is 2.89. The fourth-order valence-electron chi connectivity index (χ4n) is 2.40. The lowest BCUT2D eigenvalue weighted by molar-refractivity contribution is 0.222. The average Bonchev–Trinajstić information content (AvgIpc) is 2.37. The molecule has 0 heterocycles. The molecule has 2 nitrogen and oxygen atoms in total. The molecule has 1 rings (SSSR count). The number of benzene rings is 1. The number of aryl methyl sites for hydroxylation is 1. The van der Waals surface area contributed by atoms with E-state index in [1.807, 2.05) is 0 Å². The maximum atomic E-state index is 5.55. The van der Waals surface area contributed by atoms with E-state index in [0.717, 1.165) is 18.7 Å². The fourth-order valence-corrected chi connectivity index (χ4v) is 2.40. The SMILES string of the molecule is CCNC(CC(C)C(C)(C)C)c1cc(C)ccc1OC.